The number of nitrogens with one attached hydrogen (secondary N) is 1. The maximum Gasteiger partial charge on any atom is 0.252 e. The van der Waals surface area contributed by atoms with Gasteiger partial charge in [-0.2, -0.15) is 0 Å². The van der Waals surface area contributed by atoms with E-state index in [0.717, 1.165) is 23.2 Å². The fourth-order valence-electron chi connectivity index (χ4n) is 5.45. The number of nitrogens with zero attached hydrogens (tertiary/aromatic N) is 5. The molecule has 1 aliphatic heterocycles. The number of ether oxygens (including phenoxy) is 4. The van der Waals surface area contributed by atoms with Crippen LogP contribution in [0.15, 0.2) is 41.2 Å². The average molecular weight is 577 g/mol. The van der Waals surface area contributed by atoms with Crippen LogP contribution in [0.5, 0.6) is 23.0 Å². The van der Waals surface area contributed by atoms with Gasteiger partial charge < -0.3 is 23.9 Å². The van der Waals surface area contributed by atoms with Gasteiger partial charge in [0.25, 0.3) is 5.56 Å². The maximum atomic E-state index is 13.4. The highest BCUT2D eigenvalue weighted by Gasteiger charge is 2.34. The normalized spacial score (nSPS) is 13.7. The molecule has 4 aromatic rings. The smallest absolute Gasteiger partial charge is 0.252 e. The van der Waals surface area contributed by atoms with Gasteiger partial charge in [0.1, 0.15) is 0 Å². The van der Waals surface area contributed by atoms with Crippen LogP contribution in [0.1, 0.15) is 64.0 Å². The molecule has 11 nitrogen and oxygen atoms in total. The zero-order chi connectivity index (χ0) is 30.0. The van der Waals surface area contributed by atoms with Gasteiger partial charge in [-0.1, -0.05) is 26.8 Å². The van der Waals surface area contributed by atoms with Gasteiger partial charge in [-0.15, -0.1) is 5.10 Å². The number of fused-ring (bicyclic) bond motifs is 2. The molecule has 0 spiro atoms. The van der Waals surface area contributed by atoms with Crippen LogP contribution in [0.4, 0.5) is 0 Å². The van der Waals surface area contributed by atoms with Crippen LogP contribution in [0, 0.1) is 5.92 Å². The molecule has 42 heavy (non-hydrogen) atoms. The second-order valence-corrected chi connectivity index (χ2v) is 11.6. The summed E-state index contributed by atoms with van der Waals surface area (Å²) in [5, 5.41) is 13.9. The van der Waals surface area contributed by atoms with Gasteiger partial charge in [0, 0.05) is 30.1 Å². The van der Waals surface area contributed by atoms with Crippen LogP contribution in [-0.2, 0) is 18.5 Å². The zero-order valence-electron chi connectivity index (χ0n) is 25.4. The molecule has 0 amide bonds. The number of methoxy groups -OCH3 is 2. The van der Waals surface area contributed by atoms with Crippen molar-refractivity contribution in [1.29, 1.82) is 0 Å². The Kier molecular flexibility index (Phi) is 8.40. The molecule has 0 bridgehead atoms. The average Bonchev–Trinajstić information content (AvgIpc) is 3.65. The number of pyridine rings is 1. The van der Waals surface area contributed by atoms with Crippen LogP contribution in [0.25, 0.3) is 10.9 Å². The van der Waals surface area contributed by atoms with Gasteiger partial charge in [0.15, 0.2) is 28.8 Å². The van der Waals surface area contributed by atoms with E-state index in [1.165, 1.54) is 0 Å². The van der Waals surface area contributed by atoms with E-state index in [0.29, 0.717) is 53.6 Å². The summed E-state index contributed by atoms with van der Waals surface area (Å²) >= 11 is 0. The summed E-state index contributed by atoms with van der Waals surface area (Å²) in [5.41, 5.74) is 2.03. The van der Waals surface area contributed by atoms with Crippen molar-refractivity contribution in [2.75, 3.05) is 27.6 Å². The summed E-state index contributed by atoms with van der Waals surface area (Å²) in [6.45, 7) is 11.9. The molecule has 1 atom stereocenters. The minimum Gasteiger partial charge on any atom is -0.493 e. The third-order valence-corrected chi connectivity index (χ3v) is 8.15. The van der Waals surface area contributed by atoms with Gasteiger partial charge in [0.05, 0.1) is 31.3 Å². The van der Waals surface area contributed by atoms with Crippen molar-refractivity contribution in [1.82, 2.24) is 30.1 Å². The van der Waals surface area contributed by atoms with Crippen LogP contribution >= 0.6 is 0 Å². The Labute approximate surface area is 245 Å². The standard InChI is InChI=1S/C31H40N6O5/c1-8-31(4,5)37-29(33-34-35-37)28(19(2)3)36(12-11-20-9-10-24(39-6)25(13-20)40-7)17-22-14-21-15-26-27(42-18-41-26)16-23(21)32-30(22)38/h9-10,13-16,19,28H,8,11-12,17-18H2,1-7H3,(H,32,38)/t28-/m1/s1. The molecule has 5 rings (SSSR count). The van der Waals surface area contributed by atoms with Crippen LogP contribution < -0.4 is 24.5 Å². The molecule has 3 heterocycles. The first-order valence-corrected chi connectivity index (χ1v) is 14.3. The number of benzene rings is 2. The summed E-state index contributed by atoms with van der Waals surface area (Å²) in [4.78, 5) is 18.8. The molecule has 0 radical (unpaired) electrons. The molecule has 1 aliphatic rings. The van der Waals surface area contributed by atoms with E-state index >= 15 is 0 Å². The van der Waals surface area contributed by atoms with Crippen molar-refractivity contribution < 1.29 is 18.9 Å². The third kappa shape index (κ3) is 5.78. The van der Waals surface area contributed by atoms with E-state index in [1.54, 1.807) is 14.2 Å². The third-order valence-electron chi connectivity index (χ3n) is 8.15. The molecule has 2 aromatic carbocycles. The minimum atomic E-state index is -0.274. The first-order chi connectivity index (χ1) is 20.1. The first kappa shape index (κ1) is 29.4. The highest BCUT2D eigenvalue weighted by molar-refractivity contribution is 5.83. The predicted molar refractivity (Wildman–Crippen MR) is 159 cm³/mol. The number of hydrogen-bond acceptors (Lipinski definition) is 9. The van der Waals surface area contributed by atoms with Gasteiger partial charge in [-0.25, -0.2) is 4.68 Å². The maximum absolute atomic E-state index is 13.4. The van der Waals surface area contributed by atoms with Gasteiger partial charge in [-0.3, -0.25) is 9.69 Å². The Morgan fingerprint density at radius 3 is 2.50 bits per heavy atom. The molecular formula is C31H40N6O5. The van der Waals surface area contributed by atoms with Gasteiger partial charge >= 0.3 is 0 Å². The number of tetrazole rings is 1. The molecule has 224 valence electrons. The molecule has 1 N–H and O–H groups in total. The van der Waals surface area contributed by atoms with E-state index in [2.05, 4.69) is 60.0 Å². The largest absolute Gasteiger partial charge is 0.493 e. The summed E-state index contributed by atoms with van der Waals surface area (Å²) in [6.07, 6.45) is 1.58. The van der Waals surface area contributed by atoms with Crippen LogP contribution in [-0.4, -0.2) is 57.6 Å². The van der Waals surface area contributed by atoms with Crippen LogP contribution in [0.2, 0.25) is 0 Å². The van der Waals surface area contributed by atoms with Crippen molar-refractivity contribution in [2.24, 2.45) is 5.92 Å². The molecule has 0 saturated heterocycles. The molecule has 2 aromatic heterocycles. The summed E-state index contributed by atoms with van der Waals surface area (Å²) < 4.78 is 24.0. The van der Waals surface area contributed by atoms with E-state index < -0.39 is 0 Å². The minimum absolute atomic E-state index is 0.145. The Morgan fingerprint density at radius 2 is 1.81 bits per heavy atom. The molecule has 0 unspecified atom stereocenters. The van der Waals surface area contributed by atoms with Crippen LogP contribution in [0.3, 0.4) is 0 Å². The first-order valence-electron chi connectivity index (χ1n) is 14.3. The topological polar surface area (TPSA) is 117 Å². The Bertz CT molecular complexity index is 1610. The molecule has 0 saturated carbocycles. The van der Waals surface area contributed by atoms with E-state index in [-0.39, 0.29) is 29.9 Å². The lowest BCUT2D eigenvalue weighted by atomic mass is 9.97. The van der Waals surface area contributed by atoms with Crippen molar-refractivity contribution in [3.63, 3.8) is 0 Å². The Morgan fingerprint density at radius 1 is 1.07 bits per heavy atom. The number of H-pyrrole nitrogens is 1. The van der Waals surface area contributed by atoms with Crippen molar-refractivity contribution >= 4 is 10.9 Å². The zero-order valence-corrected chi connectivity index (χ0v) is 25.4. The number of aromatic amines is 1. The second kappa shape index (κ2) is 12.0. The summed E-state index contributed by atoms with van der Waals surface area (Å²) in [7, 11) is 3.26. The van der Waals surface area contributed by atoms with E-state index in [1.807, 2.05) is 41.1 Å². The molecule has 11 heteroatoms. The Hall–Kier alpha value is -4.12. The highest BCUT2D eigenvalue weighted by Crippen LogP contribution is 2.36. The monoisotopic (exact) mass is 576 g/mol. The van der Waals surface area contributed by atoms with Gasteiger partial charge in [-0.05, 0) is 72.9 Å². The summed E-state index contributed by atoms with van der Waals surface area (Å²) in [5.74, 6) is 3.61. The lowest BCUT2D eigenvalue weighted by Gasteiger charge is -2.35. The fraction of sp³-hybridized carbons (Fsp3) is 0.484. The highest BCUT2D eigenvalue weighted by atomic mass is 16.7. The number of rotatable bonds is 12. The SMILES string of the molecule is CCC(C)(C)n1nnnc1[C@@H](C(C)C)N(CCc1ccc(OC)c(OC)c1)Cc1cc2cc3c(cc2[nH]c1=O)OCO3. The quantitative estimate of drug-likeness (QED) is 0.253. The molecular weight excluding hydrogens is 536 g/mol. The molecule has 0 aliphatic carbocycles. The Balaban J connectivity index is 1.54. The van der Waals surface area contributed by atoms with Crippen molar-refractivity contribution in [2.45, 2.75) is 65.6 Å². The van der Waals surface area contributed by atoms with Crippen molar-refractivity contribution in [3.8, 4) is 23.0 Å². The van der Waals surface area contributed by atoms with Crippen molar-refractivity contribution in [3.05, 3.63) is 63.7 Å². The van der Waals surface area contributed by atoms with E-state index in [4.69, 9.17) is 18.9 Å². The number of aromatic nitrogens is 5. The predicted octanol–water partition coefficient (Wildman–Crippen LogP) is 4.85. The number of hydrogen-bond donors (Lipinski definition) is 1. The lowest BCUT2D eigenvalue weighted by Crippen LogP contribution is -2.39. The summed E-state index contributed by atoms with van der Waals surface area (Å²) in [6, 6.07) is 11.5. The van der Waals surface area contributed by atoms with Gasteiger partial charge in [0.2, 0.25) is 6.79 Å². The lowest BCUT2D eigenvalue weighted by molar-refractivity contribution is 0.127. The van der Waals surface area contributed by atoms with E-state index in [9.17, 15) is 4.79 Å². The molecule has 0 fully saturated rings. The second-order valence-electron chi connectivity index (χ2n) is 11.6. The fourth-order valence-corrected chi connectivity index (χ4v) is 5.45.